The van der Waals surface area contributed by atoms with Crippen LogP contribution in [-0.4, -0.2) is 25.8 Å². The smallest absolute Gasteiger partial charge is 0.267 e. The number of benzene rings is 1. The van der Waals surface area contributed by atoms with Crippen molar-refractivity contribution in [2.75, 3.05) is 5.43 Å². The third-order valence-electron chi connectivity index (χ3n) is 2.63. The summed E-state index contributed by atoms with van der Waals surface area (Å²) in [6.07, 6.45) is 2.61. The van der Waals surface area contributed by atoms with Gasteiger partial charge in [0.1, 0.15) is 11.7 Å². The highest BCUT2D eigenvalue weighted by Crippen LogP contribution is 2.00. The van der Waals surface area contributed by atoms with Crippen LogP contribution in [0.25, 0.3) is 11.0 Å². The predicted octanol–water partition coefficient (Wildman–Crippen LogP) is 0.503. The number of rotatable bonds is 2. The van der Waals surface area contributed by atoms with Crippen molar-refractivity contribution in [3.63, 3.8) is 0 Å². The highest BCUT2D eigenvalue weighted by atomic mass is 16.2. The number of carbonyl (C=O) groups excluding carboxylic acids is 1. The highest BCUT2D eigenvalue weighted by molar-refractivity contribution is 5.99. The summed E-state index contributed by atoms with van der Waals surface area (Å²) in [5.41, 5.74) is 2.93. The molecule has 0 saturated carbocycles. The fourth-order valence-corrected chi connectivity index (χ4v) is 1.68. The molecule has 0 aliphatic heterocycles. The molecule has 0 spiro atoms. The fraction of sp³-hybridized carbons (Fsp3) is 0. The first kappa shape index (κ1) is 11.1. The summed E-state index contributed by atoms with van der Waals surface area (Å²) in [6, 6.07) is 8.61. The van der Waals surface area contributed by atoms with Crippen molar-refractivity contribution in [2.24, 2.45) is 0 Å². The zero-order chi connectivity index (χ0) is 13.2. The number of nitrogens with zero attached hydrogens (tertiary/aromatic N) is 3. The molecule has 0 aliphatic rings. The molecule has 0 atom stereocenters. The molecule has 3 aromatic rings. The van der Waals surface area contributed by atoms with E-state index in [4.69, 9.17) is 0 Å². The van der Waals surface area contributed by atoms with Crippen molar-refractivity contribution >= 4 is 16.9 Å². The van der Waals surface area contributed by atoms with E-state index in [9.17, 15) is 9.59 Å². The van der Waals surface area contributed by atoms with Crippen LogP contribution in [0.15, 0.2) is 47.7 Å². The van der Waals surface area contributed by atoms with E-state index in [1.165, 1.54) is 12.5 Å². The van der Waals surface area contributed by atoms with Gasteiger partial charge in [-0.15, -0.1) is 0 Å². The Labute approximate surface area is 106 Å². The van der Waals surface area contributed by atoms with E-state index in [2.05, 4.69) is 20.6 Å². The van der Waals surface area contributed by atoms with Crippen LogP contribution in [0.5, 0.6) is 0 Å². The molecule has 1 amide bonds. The van der Waals surface area contributed by atoms with Crippen LogP contribution < -0.4 is 11.0 Å². The van der Waals surface area contributed by atoms with Crippen LogP contribution in [0, 0.1) is 0 Å². The van der Waals surface area contributed by atoms with Gasteiger partial charge in [-0.05, 0) is 12.1 Å². The number of H-pyrrole nitrogens is 1. The molecular weight excluding hydrogens is 246 g/mol. The predicted molar refractivity (Wildman–Crippen MR) is 68.3 cm³/mol. The van der Waals surface area contributed by atoms with Gasteiger partial charge in [-0.2, -0.15) is 5.10 Å². The molecule has 0 bridgehead atoms. The minimum Gasteiger partial charge on any atom is -0.267 e. The van der Waals surface area contributed by atoms with Crippen molar-refractivity contribution in [1.82, 2.24) is 19.9 Å². The maximum absolute atomic E-state index is 12.0. The molecule has 0 aliphatic carbocycles. The van der Waals surface area contributed by atoms with E-state index >= 15 is 0 Å². The standard InChI is InChI=1S/C12H9N5O2/c18-11(8-4-2-1-3-5-8)16-17-7-13-10-9(12(17)19)6-14-15-10/h1-7H,(H,14,15)(H,16,18). The second-order valence-corrected chi connectivity index (χ2v) is 3.86. The lowest BCUT2D eigenvalue weighted by molar-refractivity contribution is 0.101. The lowest BCUT2D eigenvalue weighted by Gasteiger charge is -2.06. The van der Waals surface area contributed by atoms with Gasteiger partial charge in [0.2, 0.25) is 0 Å². The van der Waals surface area contributed by atoms with E-state index in [1.54, 1.807) is 24.3 Å². The normalized spacial score (nSPS) is 10.5. The topological polar surface area (TPSA) is 92.7 Å². The van der Waals surface area contributed by atoms with Crippen molar-refractivity contribution in [1.29, 1.82) is 0 Å². The summed E-state index contributed by atoms with van der Waals surface area (Å²) in [5.74, 6) is -0.382. The zero-order valence-electron chi connectivity index (χ0n) is 9.70. The molecule has 7 nitrogen and oxygen atoms in total. The third-order valence-corrected chi connectivity index (χ3v) is 2.63. The second kappa shape index (κ2) is 4.37. The minimum absolute atomic E-state index is 0.316. The zero-order valence-corrected chi connectivity index (χ0v) is 9.70. The Morgan fingerprint density at radius 3 is 2.84 bits per heavy atom. The van der Waals surface area contributed by atoms with E-state index < -0.39 is 0 Å². The van der Waals surface area contributed by atoms with Gasteiger partial charge in [0.15, 0.2) is 5.65 Å². The van der Waals surface area contributed by atoms with Crippen molar-refractivity contribution in [2.45, 2.75) is 0 Å². The average Bonchev–Trinajstić information content (AvgIpc) is 2.92. The van der Waals surface area contributed by atoms with Crippen molar-refractivity contribution in [3.05, 3.63) is 58.8 Å². The molecule has 94 valence electrons. The van der Waals surface area contributed by atoms with Gasteiger partial charge in [-0.1, -0.05) is 18.2 Å². The Kier molecular flexibility index (Phi) is 2.57. The summed E-state index contributed by atoms with van der Waals surface area (Å²) < 4.78 is 1.03. The number of aromatic amines is 1. The maximum atomic E-state index is 12.0. The van der Waals surface area contributed by atoms with Crippen molar-refractivity contribution in [3.8, 4) is 0 Å². The molecule has 3 rings (SSSR count). The summed E-state index contributed by atoms with van der Waals surface area (Å²) in [7, 11) is 0. The summed E-state index contributed by atoms with van der Waals surface area (Å²) in [6.45, 7) is 0. The quantitative estimate of drug-likeness (QED) is 0.697. The van der Waals surface area contributed by atoms with Crippen molar-refractivity contribution < 1.29 is 4.79 Å². The molecule has 0 saturated heterocycles. The Morgan fingerprint density at radius 2 is 2.05 bits per heavy atom. The van der Waals surface area contributed by atoms with E-state index in [-0.39, 0.29) is 11.5 Å². The van der Waals surface area contributed by atoms with Crippen LogP contribution in [0.1, 0.15) is 10.4 Å². The fourth-order valence-electron chi connectivity index (χ4n) is 1.68. The van der Waals surface area contributed by atoms with Gasteiger partial charge in [0.25, 0.3) is 11.5 Å². The van der Waals surface area contributed by atoms with Gasteiger partial charge >= 0.3 is 0 Å². The number of amides is 1. The van der Waals surface area contributed by atoms with E-state index in [1.807, 2.05) is 6.07 Å². The van der Waals surface area contributed by atoms with Crippen LogP contribution >= 0.6 is 0 Å². The number of hydrogen-bond donors (Lipinski definition) is 2. The van der Waals surface area contributed by atoms with Crippen LogP contribution in [0.3, 0.4) is 0 Å². The first-order chi connectivity index (χ1) is 9.25. The molecule has 2 aromatic heterocycles. The van der Waals surface area contributed by atoms with E-state index in [0.717, 1.165) is 4.68 Å². The largest absolute Gasteiger partial charge is 0.283 e. The van der Waals surface area contributed by atoms with Crippen LogP contribution in [-0.2, 0) is 0 Å². The lowest BCUT2D eigenvalue weighted by atomic mass is 10.2. The monoisotopic (exact) mass is 255 g/mol. The van der Waals surface area contributed by atoms with Gasteiger partial charge < -0.3 is 0 Å². The van der Waals surface area contributed by atoms with Gasteiger partial charge in [0, 0.05) is 5.56 Å². The average molecular weight is 255 g/mol. The molecule has 7 heteroatoms. The summed E-state index contributed by atoms with van der Waals surface area (Å²) >= 11 is 0. The highest BCUT2D eigenvalue weighted by Gasteiger charge is 2.09. The Balaban J connectivity index is 1.96. The number of hydrogen-bond acceptors (Lipinski definition) is 4. The lowest BCUT2D eigenvalue weighted by Crippen LogP contribution is -2.33. The molecule has 1 aromatic carbocycles. The summed E-state index contributed by atoms with van der Waals surface area (Å²) in [5, 5.41) is 6.63. The molecule has 2 N–H and O–H groups in total. The molecular formula is C12H9N5O2. The number of fused-ring (bicyclic) bond motifs is 1. The van der Waals surface area contributed by atoms with Gasteiger partial charge in [-0.25, -0.2) is 9.66 Å². The molecule has 19 heavy (non-hydrogen) atoms. The first-order valence-corrected chi connectivity index (χ1v) is 5.53. The Hall–Kier alpha value is -2.96. The second-order valence-electron chi connectivity index (χ2n) is 3.86. The third kappa shape index (κ3) is 1.97. The SMILES string of the molecule is O=C(Nn1cnc2[nH]ncc2c1=O)c1ccccc1. The van der Waals surface area contributed by atoms with Gasteiger partial charge in [0.05, 0.1) is 6.20 Å². The van der Waals surface area contributed by atoms with Crippen LogP contribution in [0.2, 0.25) is 0 Å². The van der Waals surface area contributed by atoms with Gasteiger partial charge in [-0.3, -0.25) is 20.1 Å². The maximum Gasteiger partial charge on any atom is 0.283 e. The number of nitrogens with one attached hydrogen (secondary N) is 2. The summed E-state index contributed by atoms with van der Waals surface area (Å²) in [4.78, 5) is 27.9. The van der Waals surface area contributed by atoms with Crippen LogP contribution in [0.4, 0.5) is 0 Å². The first-order valence-electron chi connectivity index (χ1n) is 5.53. The minimum atomic E-state index is -0.386. The molecule has 0 radical (unpaired) electrons. The molecule has 2 heterocycles. The van der Waals surface area contributed by atoms with E-state index in [0.29, 0.717) is 16.6 Å². The molecule has 0 unspecified atom stereocenters. The Bertz CT molecular complexity index is 790. The molecule has 0 fully saturated rings. The Morgan fingerprint density at radius 1 is 1.26 bits per heavy atom. The number of aromatic nitrogens is 4. The number of carbonyl (C=O) groups is 1.